The molecule has 18 heavy (non-hydrogen) atoms. The van der Waals surface area contributed by atoms with Gasteiger partial charge in [-0.25, -0.2) is 0 Å². The van der Waals surface area contributed by atoms with Crippen LogP contribution in [0.3, 0.4) is 0 Å². The lowest BCUT2D eigenvalue weighted by atomic mass is 10.4. The zero-order valence-corrected chi connectivity index (χ0v) is 15.8. The molecule has 0 N–H and O–H groups in total. The van der Waals surface area contributed by atoms with Crippen LogP contribution in [-0.2, 0) is 0 Å². The highest BCUT2D eigenvalue weighted by molar-refractivity contribution is 7.33. The van der Waals surface area contributed by atoms with E-state index in [1.54, 1.807) is 9.00 Å². The second-order valence-electron chi connectivity index (χ2n) is 6.83. The molecule has 2 rings (SSSR count). The summed E-state index contributed by atoms with van der Waals surface area (Å²) in [6.45, 7) is 14.5. The van der Waals surface area contributed by atoms with Crippen LogP contribution in [0.4, 0.5) is 0 Å². The summed E-state index contributed by atoms with van der Waals surface area (Å²) in [6.07, 6.45) is 0. The molecule has 0 saturated carbocycles. The molecule has 0 bridgehead atoms. The van der Waals surface area contributed by atoms with E-state index in [1.165, 1.54) is 9.75 Å². The van der Waals surface area contributed by atoms with Crippen molar-refractivity contribution in [2.45, 2.75) is 39.3 Å². The quantitative estimate of drug-likeness (QED) is 0.729. The van der Waals surface area contributed by atoms with Gasteiger partial charge in [0, 0.05) is 9.75 Å². The van der Waals surface area contributed by atoms with E-state index in [9.17, 15) is 0 Å². The third-order valence-electron chi connectivity index (χ3n) is 2.93. The van der Waals surface area contributed by atoms with E-state index in [1.807, 2.05) is 22.7 Å². The van der Waals surface area contributed by atoms with E-state index in [0.29, 0.717) is 0 Å². The van der Waals surface area contributed by atoms with Gasteiger partial charge in [-0.3, -0.25) is 0 Å². The monoisotopic (exact) mass is 310 g/mol. The summed E-state index contributed by atoms with van der Waals surface area (Å²) >= 11 is 4.01. The van der Waals surface area contributed by atoms with Crippen LogP contribution < -0.4 is 9.00 Å². The molecule has 0 radical (unpaired) electrons. The lowest BCUT2D eigenvalue weighted by Crippen LogP contribution is -2.34. The maximum absolute atomic E-state index is 2.42. The molecule has 0 aromatic carbocycles. The molecule has 0 aliphatic rings. The van der Waals surface area contributed by atoms with Crippen LogP contribution in [0.5, 0.6) is 0 Å². The first-order chi connectivity index (χ1) is 8.18. The van der Waals surface area contributed by atoms with E-state index in [0.717, 1.165) is 0 Å². The van der Waals surface area contributed by atoms with Crippen molar-refractivity contribution in [2.24, 2.45) is 0 Å². The van der Waals surface area contributed by atoms with Crippen LogP contribution in [-0.4, -0.2) is 16.1 Å². The molecular weight excluding hydrogens is 288 g/mol. The molecule has 0 fully saturated rings. The van der Waals surface area contributed by atoms with Gasteiger partial charge in [0.25, 0.3) is 0 Å². The fourth-order valence-electron chi connectivity index (χ4n) is 1.75. The summed E-state index contributed by atoms with van der Waals surface area (Å²) in [5.74, 6) is 0. The molecule has 0 aliphatic heterocycles. The van der Waals surface area contributed by atoms with Crippen molar-refractivity contribution in [3.05, 3.63) is 24.3 Å². The molecular formula is C14H22S2Si2. The van der Waals surface area contributed by atoms with Crippen LogP contribution in [0.1, 0.15) is 0 Å². The second kappa shape index (κ2) is 4.74. The van der Waals surface area contributed by atoms with E-state index >= 15 is 0 Å². The van der Waals surface area contributed by atoms with Gasteiger partial charge in [-0.05, 0) is 21.1 Å². The van der Waals surface area contributed by atoms with Gasteiger partial charge >= 0.3 is 0 Å². The highest BCUT2D eigenvalue weighted by Crippen LogP contribution is 2.29. The van der Waals surface area contributed by atoms with Gasteiger partial charge in [0.1, 0.15) is 0 Å². The van der Waals surface area contributed by atoms with Crippen LogP contribution in [0.25, 0.3) is 9.75 Å². The average Bonchev–Trinajstić information content (AvgIpc) is 2.84. The zero-order chi connectivity index (χ0) is 13.6. The standard InChI is InChI=1S/C14H22S2Si2/c1-17(2,3)13-9-7-11(15-13)12-8-10-14(16-12)18(4,5)6/h7-10H,1-6H3. The smallest absolute Gasteiger partial charge is 0.0904 e. The van der Waals surface area contributed by atoms with Gasteiger partial charge in [-0.2, -0.15) is 0 Å². The Kier molecular flexibility index (Phi) is 3.75. The summed E-state index contributed by atoms with van der Waals surface area (Å²) in [4.78, 5) is 2.92. The Balaban J connectivity index is 2.33. The Morgan fingerprint density at radius 2 is 0.944 bits per heavy atom. The third kappa shape index (κ3) is 3.04. The number of thiophene rings is 2. The van der Waals surface area contributed by atoms with Gasteiger partial charge in [0.2, 0.25) is 0 Å². The van der Waals surface area contributed by atoms with Gasteiger partial charge in [0.05, 0.1) is 16.1 Å². The molecule has 0 saturated heterocycles. The first kappa shape index (κ1) is 14.2. The number of hydrogen-bond acceptors (Lipinski definition) is 2. The van der Waals surface area contributed by atoms with Crippen LogP contribution in [0.15, 0.2) is 24.3 Å². The molecule has 0 unspecified atom stereocenters. The molecule has 2 aromatic rings. The van der Waals surface area contributed by atoms with Crippen molar-refractivity contribution in [3.8, 4) is 9.75 Å². The first-order valence-corrected chi connectivity index (χ1v) is 15.0. The SMILES string of the molecule is C[Si](C)(C)c1ccc(-c2ccc([Si](C)(C)C)s2)s1. The summed E-state index contributed by atoms with van der Waals surface area (Å²) in [6, 6.07) is 9.33. The van der Waals surface area contributed by atoms with Crippen molar-refractivity contribution in [1.29, 1.82) is 0 Å². The van der Waals surface area contributed by atoms with Crippen molar-refractivity contribution in [1.82, 2.24) is 0 Å². The molecule has 0 spiro atoms. The Hall–Kier alpha value is -0.166. The van der Waals surface area contributed by atoms with Crippen LogP contribution in [0.2, 0.25) is 39.3 Å². The average molecular weight is 311 g/mol. The third-order valence-corrected chi connectivity index (χ3v) is 12.5. The fraction of sp³-hybridized carbons (Fsp3) is 0.429. The molecule has 0 aliphatic carbocycles. The van der Waals surface area contributed by atoms with Crippen molar-refractivity contribution in [3.63, 3.8) is 0 Å². The van der Waals surface area contributed by atoms with Crippen molar-refractivity contribution >= 4 is 47.8 Å². The summed E-state index contributed by atoms with van der Waals surface area (Å²) < 4.78 is 3.22. The Labute approximate surface area is 121 Å². The maximum atomic E-state index is 2.42. The Morgan fingerprint density at radius 1 is 0.611 bits per heavy atom. The van der Waals surface area contributed by atoms with E-state index in [4.69, 9.17) is 0 Å². The van der Waals surface area contributed by atoms with Crippen LogP contribution >= 0.6 is 22.7 Å². The molecule has 2 heterocycles. The molecule has 4 heteroatoms. The molecule has 0 atom stereocenters. The Bertz CT molecular complexity index is 488. The van der Waals surface area contributed by atoms with Gasteiger partial charge < -0.3 is 0 Å². The minimum absolute atomic E-state index is 1.14. The minimum Gasteiger partial charge on any atom is -0.144 e. The van der Waals surface area contributed by atoms with Crippen molar-refractivity contribution in [2.75, 3.05) is 0 Å². The zero-order valence-electron chi connectivity index (χ0n) is 12.1. The summed E-state index contributed by atoms with van der Waals surface area (Å²) in [5, 5.41) is 0. The normalized spacial score (nSPS) is 13.0. The summed E-state index contributed by atoms with van der Waals surface area (Å²) in [7, 11) is -2.29. The van der Waals surface area contributed by atoms with Crippen molar-refractivity contribution < 1.29 is 0 Å². The van der Waals surface area contributed by atoms with E-state index in [-0.39, 0.29) is 0 Å². The Morgan fingerprint density at radius 3 is 1.17 bits per heavy atom. The van der Waals surface area contributed by atoms with Gasteiger partial charge in [0.15, 0.2) is 0 Å². The topological polar surface area (TPSA) is 0 Å². The van der Waals surface area contributed by atoms with Gasteiger partial charge in [-0.15, -0.1) is 22.7 Å². The first-order valence-electron chi connectivity index (χ1n) is 6.39. The lowest BCUT2D eigenvalue weighted by molar-refractivity contribution is 1.78. The fourth-order valence-corrected chi connectivity index (χ4v) is 7.63. The minimum atomic E-state index is -1.14. The van der Waals surface area contributed by atoms with Crippen LogP contribution in [0, 0.1) is 0 Å². The molecule has 0 amide bonds. The largest absolute Gasteiger partial charge is 0.144 e. The summed E-state index contributed by atoms with van der Waals surface area (Å²) in [5.41, 5.74) is 0. The molecule has 2 aromatic heterocycles. The van der Waals surface area contributed by atoms with Gasteiger partial charge in [-0.1, -0.05) is 51.4 Å². The van der Waals surface area contributed by atoms with E-state index in [2.05, 4.69) is 63.5 Å². The predicted molar refractivity (Wildman–Crippen MR) is 93.6 cm³/mol. The highest BCUT2D eigenvalue weighted by Gasteiger charge is 2.21. The lowest BCUT2D eigenvalue weighted by Gasteiger charge is -2.12. The number of rotatable bonds is 3. The molecule has 98 valence electrons. The number of hydrogen-bond donors (Lipinski definition) is 0. The maximum Gasteiger partial charge on any atom is 0.0904 e. The predicted octanol–water partition coefficient (Wildman–Crippen LogP) is 4.57. The highest BCUT2D eigenvalue weighted by atomic mass is 32.1. The second-order valence-corrected chi connectivity index (χ2v) is 19.8. The van der Waals surface area contributed by atoms with E-state index < -0.39 is 16.1 Å². The molecule has 0 nitrogen and oxygen atoms in total.